The Morgan fingerprint density at radius 1 is 1.28 bits per heavy atom. The molecule has 0 spiro atoms. The summed E-state index contributed by atoms with van der Waals surface area (Å²) < 4.78 is 10.9. The van der Waals surface area contributed by atoms with Crippen LogP contribution in [-0.2, 0) is 19.7 Å². The summed E-state index contributed by atoms with van der Waals surface area (Å²) in [6.07, 6.45) is 6.55. The van der Waals surface area contributed by atoms with Gasteiger partial charge >= 0.3 is 5.97 Å². The molecule has 0 heterocycles. The highest BCUT2D eigenvalue weighted by molar-refractivity contribution is 5.97. The molecule has 1 amide bonds. The Bertz CT molecular complexity index is 640. The van der Waals surface area contributed by atoms with Crippen LogP contribution >= 0.6 is 0 Å². The summed E-state index contributed by atoms with van der Waals surface area (Å²) in [4.78, 5) is 24.1. The zero-order valence-corrected chi connectivity index (χ0v) is 14.5. The van der Waals surface area contributed by atoms with Crippen molar-refractivity contribution in [3.63, 3.8) is 0 Å². The summed E-state index contributed by atoms with van der Waals surface area (Å²) in [6, 6.07) is 7.29. The van der Waals surface area contributed by atoms with Gasteiger partial charge in [0.05, 0.1) is 19.6 Å². The Kier molecular flexibility index (Phi) is 5.27. The standard InChI is InChI=1S/C19H25NO5/c1-24-18(22)19(11-16(19)17(21)20-23)14-8-5-9-15(10-14)25-12-13-6-3-2-4-7-13/h5,8-10,13,16,23H,2-4,6-7,11-12H2,1H3,(H,20,21)/t16-,19?/m0/s1. The van der Waals surface area contributed by atoms with E-state index in [1.807, 2.05) is 18.2 Å². The summed E-state index contributed by atoms with van der Waals surface area (Å²) in [6.45, 7) is 0.676. The molecule has 0 radical (unpaired) electrons. The number of carbonyl (C=O) groups excluding carboxylic acids is 2. The van der Waals surface area contributed by atoms with E-state index in [2.05, 4.69) is 0 Å². The van der Waals surface area contributed by atoms with Crippen molar-refractivity contribution < 1.29 is 24.3 Å². The van der Waals surface area contributed by atoms with Crippen molar-refractivity contribution in [2.75, 3.05) is 13.7 Å². The number of hydroxylamine groups is 1. The largest absolute Gasteiger partial charge is 0.493 e. The van der Waals surface area contributed by atoms with Crippen molar-refractivity contribution in [3.8, 4) is 5.75 Å². The van der Waals surface area contributed by atoms with Gasteiger partial charge in [-0.05, 0) is 42.9 Å². The highest BCUT2D eigenvalue weighted by atomic mass is 16.5. The van der Waals surface area contributed by atoms with Crippen LogP contribution in [-0.4, -0.2) is 30.8 Å². The zero-order chi connectivity index (χ0) is 17.9. The zero-order valence-electron chi connectivity index (χ0n) is 14.5. The third kappa shape index (κ3) is 3.49. The molecule has 0 aliphatic heterocycles. The van der Waals surface area contributed by atoms with Gasteiger partial charge in [-0.25, -0.2) is 5.48 Å². The Hall–Kier alpha value is -2.08. The maximum Gasteiger partial charge on any atom is 0.317 e. The third-order valence-corrected chi connectivity index (χ3v) is 5.50. The van der Waals surface area contributed by atoms with Gasteiger partial charge in [-0.3, -0.25) is 14.8 Å². The predicted molar refractivity (Wildman–Crippen MR) is 90.2 cm³/mol. The van der Waals surface area contributed by atoms with E-state index in [4.69, 9.17) is 14.7 Å². The van der Waals surface area contributed by atoms with E-state index in [-0.39, 0.29) is 0 Å². The van der Waals surface area contributed by atoms with Gasteiger partial charge < -0.3 is 9.47 Å². The van der Waals surface area contributed by atoms with Crippen LogP contribution in [0.25, 0.3) is 0 Å². The van der Waals surface area contributed by atoms with Crippen LogP contribution in [0.1, 0.15) is 44.1 Å². The molecule has 3 rings (SSSR count). The number of carbonyl (C=O) groups is 2. The SMILES string of the molecule is COC(=O)C1(c2cccc(OCC3CCCCC3)c2)C[C@H]1C(=O)NO. The Morgan fingerprint density at radius 3 is 2.72 bits per heavy atom. The van der Waals surface area contributed by atoms with E-state index in [9.17, 15) is 9.59 Å². The van der Waals surface area contributed by atoms with Crippen molar-refractivity contribution >= 4 is 11.9 Å². The molecule has 1 aromatic rings. The number of esters is 1. The minimum absolute atomic E-state index is 0.318. The summed E-state index contributed by atoms with van der Waals surface area (Å²) in [7, 11) is 1.31. The van der Waals surface area contributed by atoms with Crippen LogP contribution in [0.5, 0.6) is 5.75 Å². The average Bonchev–Trinajstić information content (AvgIpc) is 3.43. The molecule has 2 N–H and O–H groups in total. The van der Waals surface area contributed by atoms with E-state index < -0.39 is 23.2 Å². The minimum atomic E-state index is -1.04. The quantitative estimate of drug-likeness (QED) is 0.469. The number of methoxy groups -OCH3 is 1. The smallest absolute Gasteiger partial charge is 0.317 e. The normalized spacial score (nSPS) is 25.9. The van der Waals surface area contributed by atoms with Crippen molar-refractivity contribution in [2.24, 2.45) is 11.8 Å². The topological polar surface area (TPSA) is 84.9 Å². The van der Waals surface area contributed by atoms with E-state index >= 15 is 0 Å². The molecule has 2 fully saturated rings. The molecule has 0 saturated heterocycles. The van der Waals surface area contributed by atoms with Gasteiger partial charge in [0.1, 0.15) is 11.2 Å². The molecule has 2 aliphatic carbocycles. The maximum absolute atomic E-state index is 12.3. The fourth-order valence-electron chi connectivity index (χ4n) is 3.93. The number of ether oxygens (including phenoxy) is 2. The van der Waals surface area contributed by atoms with Crippen molar-refractivity contribution in [1.29, 1.82) is 0 Å². The second-order valence-corrected chi connectivity index (χ2v) is 7.04. The Labute approximate surface area is 147 Å². The molecule has 0 bridgehead atoms. The molecule has 1 unspecified atom stereocenters. The molecule has 6 heteroatoms. The van der Waals surface area contributed by atoms with E-state index in [1.165, 1.54) is 39.2 Å². The van der Waals surface area contributed by atoms with Crippen LogP contribution in [0, 0.1) is 11.8 Å². The number of hydrogen-bond acceptors (Lipinski definition) is 5. The molecule has 136 valence electrons. The van der Waals surface area contributed by atoms with Gasteiger partial charge in [0.15, 0.2) is 0 Å². The van der Waals surface area contributed by atoms with Gasteiger partial charge in [-0.1, -0.05) is 31.4 Å². The molecule has 2 atom stereocenters. The summed E-state index contributed by atoms with van der Waals surface area (Å²) >= 11 is 0. The first kappa shape index (κ1) is 17.7. The Balaban J connectivity index is 1.74. The lowest BCUT2D eigenvalue weighted by molar-refractivity contribution is -0.146. The van der Waals surface area contributed by atoms with Gasteiger partial charge in [0.2, 0.25) is 5.91 Å². The molecule has 6 nitrogen and oxygen atoms in total. The molecule has 2 saturated carbocycles. The van der Waals surface area contributed by atoms with Crippen LogP contribution in [0.2, 0.25) is 0 Å². The lowest BCUT2D eigenvalue weighted by Gasteiger charge is -2.22. The fourth-order valence-corrected chi connectivity index (χ4v) is 3.93. The monoisotopic (exact) mass is 347 g/mol. The fraction of sp³-hybridized carbons (Fsp3) is 0.579. The molecule has 1 aromatic carbocycles. The third-order valence-electron chi connectivity index (χ3n) is 5.50. The first-order valence-corrected chi connectivity index (χ1v) is 8.87. The first-order valence-electron chi connectivity index (χ1n) is 8.87. The lowest BCUT2D eigenvalue weighted by atomic mass is 9.90. The average molecular weight is 347 g/mol. The van der Waals surface area contributed by atoms with Crippen LogP contribution in [0.3, 0.4) is 0 Å². The van der Waals surface area contributed by atoms with Crippen LogP contribution in [0.15, 0.2) is 24.3 Å². The second-order valence-electron chi connectivity index (χ2n) is 7.04. The number of nitrogens with one attached hydrogen (secondary N) is 1. The van der Waals surface area contributed by atoms with Gasteiger partial charge in [0.25, 0.3) is 0 Å². The number of benzene rings is 1. The maximum atomic E-state index is 12.3. The van der Waals surface area contributed by atoms with Crippen molar-refractivity contribution in [1.82, 2.24) is 5.48 Å². The lowest BCUT2D eigenvalue weighted by Crippen LogP contribution is -2.31. The summed E-state index contributed by atoms with van der Waals surface area (Å²) in [5.41, 5.74) is 1.29. The second kappa shape index (κ2) is 7.44. The van der Waals surface area contributed by atoms with E-state index in [0.717, 1.165) is 0 Å². The highest BCUT2D eigenvalue weighted by Gasteiger charge is 2.65. The number of amides is 1. The van der Waals surface area contributed by atoms with Crippen LogP contribution in [0.4, 0.5) is 0 Å². The number of rotatable bonds is 6. The first-order chi connectivity index (χ1) is 12.1. The van der Waals surface area contributed by atoms with Gasteiger partial charge in [-0.2, -0.15) is 0 Å². The van der Waals surface area contributed by atoms with E-state index in [1.54, 1.807) is 11.5 Å². The summed E-state index contributed by atoms with van der Waals surface area (Å²) in [5.74, 6) is -0.384. The van der Waals surface area contributed by atoms with Crippen molar-refractivity contribution in [3.05, 3.63) is 29.8 Å². The van der Waals surface area contributed by atoms with Crippen LogP contribution < -0.4 is 10.2 Å². The number of hydrogen-bond donors (Lipinski definition) is 2. The summed E-state index contributed by atoms with van der Waals surface area (Å²) in [5, 5.41) is 8.89. The highest BCUT2D eigenvalue weighted by Crippen LogP contribution is 2.55. The predicted octanol–water partition coefficient (Wildman–Crippen LogP) is 2.58. The minimum Gasteiger partial charge on any atom is -0.493 e. The van der Waals surface area contributed by atoms with Gasteiger partial charge in [-0.15, -0.1) is 0 Å². The van der Waals surface area contributed by atoms with Gasteiger partial charge in [0, 0.05) is 0 Å². The Morgan fingerprint density at radius 2 is 2.04 bits per heavy atom. The molecule has 25 heavy (non-hydrogen) atoms. The van der Waals surface area contributed by atoms with E-state index in [0.29, 0.717) is 30.3 Å². The molecule has 0 aromatic heterocycles. The van der Waals surface area contributed by atoms with Crippen molar-refractivity contribution in [2.45, 2.75) is 43.9 Å². The molecule has 2 aliphatic rings. The molecular weight excluding hydrogens is 322 g/mol. The molecular formula is C19H25NO5.